The van der Waals surface area contributed by atoms with Crippen LogP contribution in [-0.4, -0.2) is 10.9 Å². The van der Waals surface area contributed by atoms with Gasteiger partial charge in [0.2, 0.25) is 0 Å². The molecule has 4 heteroatoms. The number of benzene rings is 1. The number of hydrogen-bond donors (Lipinski definition) is 1. The highest BCUT2D eigenvalue weighted by Crippen LogP contribution is 2.16. The van der Waals surface area contributed by atoms with Crippen molar-refractivity contribution in [2.75, 3.05) is 5.32 Å². The van der Waals surface area contributed by atoms with Crippen molar-refractivity contribution >= 4 is 11.6 Å². The number of aryl methyl sites for hydroxylation is 1. The maximum absolute atomic E-state index is 12.1. The third-order valence-electron chi connectivity index (χ3n) is 2.77. The minimum Gasteiger partial charge on any atom is -0.320 e. The van der Waals surface area contributed by atoms with Gasteiger partial charge in [0.15, 0.2) is 0 Å². The van der Waals surface area contributed by atoms with Crippen LogP contribution in [0.3, 0.4) is 0 Å². The first-order valence-electron chi connectivity index (χ1n) is 6.00. The monoisotopic (exact) mass is 251 g/mol. The van der Waals surface area contributed by atoms with Gasteiger partial charge in [0, 0.05) is 11.9 Å². The van der Waals surface area contributed by atoms with Crippen LogP contribution in [0.2, 0.25) is 0 Å². The molecule has 94 valence electrons. The molecule has 1 N–H and O–H groups in total. The lowest BCUT2D eigenvalue weighted by Gasteiger charge is -2.09. The summed E-state index contributed by atoms with van der Waals surface area (Å²) < 4.78 is 0. The van der Waals surface area contributed by atoms with Crippen molar-refractivity contribution in [3.8, 4) is 6.07 Å². The van der Waals surface area contributed by atoms with Crippen molar-refractivity contribution in [2.24, 2.45) is 0 Å². The quantitative estimate of drug-likeness (QED) is 0.912. The highest BCUT2D eigenvalue weighted by atomic mass is 16.1. The largest absolute Gasteiger partial charge is 0.320 e. The smallest absolute Gasteiger partial charge is 0.274 e. The highest BCUT2D eigenvalue weighted by molar-refractivity contribution is 6.03. The molecule has 0 fully saturated rings. The van der Waals surface area contributed by atoms with E-state index in [1.807, 2.05) is 37.3 Å². The molecule has 1 aromatic heterocycles. The third-order valence-corrected chi connectivity index (χ3v) is 2.77. The van der Waals surface area contributed by atoms with Crippen molar-refractivity contribution in [1.82, 2.24) is 4.98 Å². The number of pyridine rings is 1. The number of aromatic nitrogens is 1. The first-order chi connectivity index (χ1) is 9.24. The summed E-state index contributed by atoms with van der Waals surface area (Å²) in [4.78, 5) is 16.0. The molecule has 0 aliphatic rings. The Hall–Kier alpha value is -2.67. The van der Waals surface area contributed by atoms with E-state index in [-0.39, 0.29) is 11.6 Å². The topological polar surface area (TPSA) is 65.8 Å². The molecular weight excluding hydrogens is 238 g/mol. The fraction of sp³-hybridized carbons (Fsp3) is 0.133. The lowest BCUT2D eigenvalue weighted by molar-refractivity contribution is 0.102. The molecule has 0 bridgehead atoms. The number of anilines is 1. The second-order valence-corrected chi connectivity index (χ2v) is 4.01. The zero-order valence-corrected chi connectivity index (χ0v) is 10.6. The highest BCUT2D eigenvalue weighted by Gasteiger charge is 2.10. The van der Waals surface area contributed by atoms with Gasteiger partial charge in [-0.25, -0.2) is 0 Å². The summed E-state index contributed by atoms with van der Waals surface area (Å²) in [5.41, 5.74) is 2.50. The summed E-state index contributed by atoms with van der Waals surface area (Å²) in [5.74, 6) is -0.307. The Morgan fingerprint density at radius 2 is 2.16 bits per heavy atom. The van der Waals surface area contributed by atoms with E-state index < -0.39 is 0 Å². The zero-order valence-electron chi connectivity index (χ0n) is 10.6. The summed E-state index contributed by atoms with van der Waals surface area (Å²) >= 11 is 0. The molecule has 0 saturated carbocycles. The number of para-hydroxylation sites is 1. The average molecular weight is 251 g/mol. The Morgan fingerprint density at radius 1 is 1.37 bits per heavy atom. The van der Waals surface area contributed by atoms with Gasteiger partial charge in [-0.2, -0.15) is 5.26 Å². The molecule has 0 spiro atoms. The van der Waals surface area contributed by atoms with E-state index in [9.17, 15) is 4.79 Å². The van der Waals surface area contributed by atoms with Crippen LogP contribution in [0.4, 0.5) is 5.69 Å². The van der Waals surface area contributed by atoms with Crippen molar-refractivity contribution in [2.45, 2.75) is 13.3 Å². The van der Waals surface area contributed by atoms with E-state index in [1.165, 1.54) is 12.3 Å². The summed E-state index contributed by atoms with van der Waals surface area (Å²) in [6.07, 6.45) is 2.29. The number of carbonyl (C=O) groups is 1. The van der Waals surface area contributed by atoms with Gasteiger partial charge in [0.05, 0.1) is 11.6 Å². The molecule has 0 unspecified atom stereocenters. The van der Waals surface area contributed by atoms with Gasteiger partial charge in [-0.1, -0.05) is 25.1 Å². The molecule has 2 aromatic rings. The van der Waals surface area contributed by atoms with Gasteiger partial charge in [-0.05, 0) is 30.2 Å². The fourth-order valence-corrected chi connectivity index (χ4v) is 1.76. The minimum atomic E-state index is -0.307. The SMILES string of the molecule is CCc1ccccc1NC(=O)c1cc(C#N)ccn1. The van der Waals surface area contributed by atoms with Crippen molar-refractivity contribution < 1.29 is 4.79 Å². The van der Waals surface area contributed by atoms with E-state index in [1.54, 1.807) is 6.07 Å². The lowest BCUT2D eigenvalue weighted by Crippen LogP contribution is -2.14. The van der Waals surface area contributed by atoms with Crippen LogP contribution < -0.4 is 5.32 Å². The zero-order chi connectivity index (χ0) is 13.7. The Bertz CT molecular complexity index is 644. The first-order valence-corrected chi connectivity index (χ1v) is 6.00. The Balaban J connectivity index is 2.23. The van der Waals surface area contributed by atoms with Gasteiger partial charge < -0.3 is 5.32 Å². The summed E-state index contributed by atoms with van der Waals surface area (Å²) in [6.45, 7) is 2.03. The van der Waals surface area contributed by atoms with Gasteiger partial charge in [-0.15, -0.1) is 0 Å². The number of nitriles is 1. The molecule has 1 heterocycles. The average Bonchev–Trinajstić information content (AvgIpc) is 2.47. The van der Waals surface area contributed by atoms with E-state index in [0.717, 1.165) is 17.7 Å². The van der Waals surface area contributed by atoms with Gasteiger partial charge in [0.1, 0.15) is 5.69 Å². The van der Waals surface area contributed by atoms with Crippen LogP contribution in [0.5, 0.6) is 0 Å². The molecule has 0 atom stereocenters. The van der Waals surface area contributed by atoms with Gasteiger partial charge >= 0.3 is 0 Å². The molecule has 1 aromatic carbocycles. The number of amides is 1. The Morgan fingerprint density at radius 3 is 2.89 bits per heavy atom. The van der Waals surface area contributed by atoms with Crippen molar-refractivity contribution in [1.29, 1.82) is 5.26 Å². The lowest BCUT2D eigenvalue weighted by atomic mass is 10.1. The van der Waals surface area contributed by atoms with Crippen molar-refractivity contribution in [3.05, 3.63) is 59.4 Å². The molecule has 0 saturated heterocycles. The van der Waals surface area contributed by atoms with E-state index in [0.29, 0.717) is 5.56 Å². The van der Waals surface area contributed by atoms with Gasteiger partial charge in [-0.3, -0.25) is 9.78 Å². The predicted molar refractivity (Wildman–Crippen MR) is 72.7 cm³/mol. The van der Waals surface area contributed by atoms with Crippen LogP contribution in [-0.2, 0) is 6.42 Å². The molecule has 0 aliphatic heterocycles. The van der Waals surface area contributed by atoms with Crippen molar-refractivity contribution in [3.63, 3.8) is 0 Å². The first kappa shape index (κ1) is 12.8. The number of nitrogens with one attached hydrogen (secondary N) is 1. The maximum Gasteiger partial charge on any atom is 0.274 e. The van der Waals surface area contributed by atoms with Crippen LogP contribution >= 0.6 is 0 Å². The summed E-state index contributed by atoms with van der Waals surface area (Å²) in [6, 6.07) is 12.7. The molecule has 1 amide bonds. The Labute approximate surface area is 111 Å². The number of rotatable bonds is 3. The number of hydrogen-bond acceptors (Lipinski definition) is 3. The summed E-state index contributed by atoms with van der Waals surface area (Å²) in [7, 11) is 0. The summed E-state index contributed by atoms with van der Waals surface area (Å²) in [5, 5.41) is 11.6. The van der Waals surface area contributed by atoms with E-state index in [2.05, 4.69) is 10.3 Å². The number of carbonyl (C=O) groups excluding carboxylic acids is 1. The molecular formula is C15H13N3O. The second kappa shape index (κ2) is 5.78. The van der Waals surface area contributed by atoms with Gasteiger partial charge in [0.25, 0.3) is 5.91 Å². The minimum absolute atomic E-state index is 0.241. The van der Waals surface area contributed by atoms with Crippen LogP contribution in [0, 0.1) is 11.3 Å². The fourth-order valence-electron chi connectivity index (χ4n) is 1.76. The van der Waals surface area contributed by atoms with Crippen LogP contribution in [0.1, 0.15) is 28.5 Å². The standard InChI is InChI=1S/C15H13N3O/c1-2-12-5-3-4-6-13(12)18-15(19)14-9-11(10-16)7-8-17-14/h3-9H,2H2,1H3,(H,18,19). The maximum atomic E-state index is 12.1. The molecule has 2 rings (SSSR count). The number of nitrogens with zero attached hydrogens (tertiary/aromatic N) is 2. The molecule has 0 aliphatic carbocycles. The second-order valence-electron chi connectivity index (χ2n) is 4.01. The van der Waals surface area contributed by atoms with Crippen LogP contribution in [0.15, 0.2) is 42.6 Å². The third kappa shape index (κ3) is 2.96. The predicted octanol–water partition coefficient (Wildman–Crippen LogP) is 2.77. The molecule has 19 heavy (non-hydrogen) atoms. The molecule has 0 radical (unpaired) electrons. The van der Waals surface area contributed by atoms with E-state index >= 15 is 0 Å². The van der Waals surface area contributed by atoms with Crippen LogP contribution in [0.25, 0.3) is 0 Å². The normalized spacial score (nSPS) is 9.68. The Kier molecular flexibility index (Phi) is 3.89. The molecule has 4 nitrogen and oxygen atoms in total. The van der Waals surface area contributed by atoms with E-state index in [4.69, 9.17) is 5.26 Å².